The van der Waals surface area contributed by atoms with Crippen LogP contribution in [0.25, 0.3) is 0 Å². The van der Waals surface area contributed by atoms with Crippen LogP contribution in [0, 0.1) is 0 Å². The third kappa shape index (κ3) is 2.88. The monoisotopic (exact) mass is 208 g/mol. The fraction of sp³-hybridized carbons (Fsp3) is 0.417. The van der Waals surface area contributed by atoms with Crippen LogP contribution in [-0.2, 0) is 20.9 Å². The number of ether oxygens (including phenoxy) is 2. The van der Waals surface area contributed by atoms with Gasteiger partial charge in [-0.1, -0.05) is 24.3 Å². The molecule has 0 N–H and O–H groups in total. The minimum absolute atomic E-state index is 0.000975. The van der Waals surface area contributed by atoms with Crippen molar-refractivity contribution in [3.63, 3.8) is 0 Å². The SMILES string of the molecule is COCc1ccccc1C(OC)C(C)=O. The van der Waals surface area contributed by atoms with Gasteiger partial charge in [0.25, 0.3) is 0 Å². The quantitative estimate of drug-likeness (QED) is 0.743. The van der Waals surface area contributed by atoms with Gasteiger partial charge in [0.05, 0.1) is 6.61 Å². The molecule has 1 unspecified atom stereocenters. The van der Waals surface area contributed by atoms with Crippen LogP contribution in [0.4, 0.5) is 0 Å². The molecular weight excluding hydrogens is 192 g/mol. The molecule has 3 heteroatoms. The summed E-state index contributed by atoms with van der Waals surface area (Å²) in [6.07, 6.45) is -0.489. The van der Waals surface area contributed by atoms with E-state index in [4.69, 9.17) is 9.47 Å². The van der Waals surface area contributed by atoms with Gasteiger partial charge >= 0.3 is 0 Å². The molecule has 15 heavy (non-hydrogen) atoms. The molecule has 1 atom stereocenters. The number of Topliss-reactive ketones (excluding diaryl/α,β-unsaturated/α-hetero) is 1. The van der Waals surface area contributed by atoms with Gasteiger partial charge in [0.1, 0.15) is 6.10 Å². The van der Waals surface area contributed by atoms with Crippen molar-refractivity contribution in [2.24, 2.45) is 0 Å². The summed E-state index contributed by atoms with van der Waals surface area (Å²) >= 11 is 0. The van der Waals surface area contributed by atoms with Crippen molar-refractivity contribution >= 4 is 5.78 Å². The van der Waals surface area contributed by atoms with Gasteiger partial charge in [-0.15, -0.1) is 0 Å². The number of rotatable bonds is 5. The van der Waals surface area contributed by atoms with Gasteiger partial charge in [0.15, 0.2) is 5.78 Å². The second-order valence-electron chi connectivity index (χ2n) is 3.36. The maximum absolute atomic E-state index is 11.4. The summed E-state index contributed by atoms with van der Waals surface area (Å²) in [6.45, 7) is 2.01. The fourth-order valence-electron chi connectivity index (χ4n) is 1.59. The normalized spacial score (nSPS) is 12.5. The number of hydrogen-bond acceptors (Lipinski definition) is 3. The van der Waals surface area contributed by atoms with Gasteiger partial charge in [0.2, 0.25) is 0 Å². The molecule has 1 rings (SSSR count). The van der Waals surface area contributed by atoms with Gasteiger partial charge in [-0.3, -0.25) is 4.79 Å². The topological polar surface area (TPSA) is 35.5 Å². The number of methoxy groups -OCH3 is 2. The largest absolute Gasteiger partial charge is 0.380 e. The van der Waals surface area contributed by atoms with E-state index in [1.54, 1.807) is 7.11 Å². The zero-order valence-electron chi connectivity index (χ0n) is 9.32. The smallest absolute Gasteiger partial charge is 0.163 e. The molecule has 0 aliphatic heterocycles. The number of benzene rings is 1. The molecule has 0 heterocycles. The highest BCUT2D eigenvalue weighted by molar-refractivity contribution is 5.82. The summed E-state index contributed by atoms with van der Waals surface area (Å²) in [5.41, 5.74) is 1.87. The molecular formula is C12H16O3. The average Bonchev–Trinajstić information content (AvgIpc) is 2.21. The van der Waals surface area contributed by atoms with E-state index in [2.05, 4.69) is 0 Å². The molecule has 0 saturated carbocycles. The summed E-state index contributed by atoms with van der Waals surface area (Å²) in [5, 5.41) is 0. The summed E-state index contributed by atoms with van der Waals surface area (Å²) in [7, 11) is 3.17. The van der Waals surface area contributed by atoms with E-state index in [0.717, 1.165) is 11.1 Å². The Morgan fingerprint density at radius 2 is 2.00 bits per heavy atom. The number of hydrogen-bond donors (Lipinski definition) is 0. The second-order valence-corrected chi connectivity index (χ2v) is 3.36. The summed E-state index contributed by atoms with van der Waals surface area (Å²) in [5.74, 6) is 0.000975. The third-order valence-electron chi connectivity index (χ3n) is 2.24. The van der Waals surface area contributed by atoms with Crippen LogP contribution >= 0.6 is 0 Å². The Labute approximate surface area is 90.0 Å². The number of carbonyl (C=O) groups is 1. The van der Waals surface area contributed by atoms with Crippen LogP contribution in [0.5, 0.6) is 0 Å². The van der Waals surface area contributed by atoms with Crippen LogP contribution in [0.1, 0.15) is 24.2 Å². The zero-order chi connectivity index (χ0) is 11.3. The van der Waals surface area contributed by atoms with E-state index in [9.17, 15) is 4.79 Å². The fourth-order valence-corrected chi connectivity index (χ4v) is 1.59. The Kier molecular flexibility index (Phi) is 4.46. The van der Waals surface area contributed by atoms with Crippen LogP contribution in [0.3, 0.4) is 0 Å². The van der Waals surface area contributed by atoms with Gasteiger partial charge in [0, 0.05) is 14.2 Å². The standard InChI is InChI=1S/C12H16O3/c1-9(13)12(15-3)11-7-5-4-6-10(11)8-14-2/h4-7,12H,8H2,1-3H3. The Morgan fingerprint density at radius 3 is 2.53 bits per heavy atom. The molecule has 0 radical (unpaired) electrons. The number of ketones is 1. The first-order chi connectivity index (χ1) is 7.20. The molecule has 3 nitrogen and oxygen atoms in total. The molecule has 0 bridgehead atoms. The van der Waals surface area contributed by atoms with Crippen LogP contribution in [0.15, 0.2) is 24.3 Å². The van der Waals surface area contributed by atoms with E-state index in [1.165, 1.54) is 14.0 Å². The van der Waals surface area contributed by atoms with Crippen LogP contribution < -0.4 is 0 Å². The number of carbonyl (C=O) groups excluding carboxylic acids is 1. The molecule has 0 aliphatic rings. The van der Waals surface area contributed by atoms with Crippen molar-refractivity contribution in [2.45, 2.75) is 19.6 Å². The highest BCUT2D eigenvalue weighted by atomic mass is 16.5. The van der Waals surface area contributed by atoms with E-state index < -0.39 is 6.10 Å². The van der Waals surface area contributed by atoms with E-state index >= 15 is 0 Å². The van der Waals surface area contributed by atoms with E-state index in [-0.39, 0.29) is 5.78 Å². The van der Waals surface area contributed by atoms with Crippen molar-refractivity contribution in [2.75, 3.05) is 14.2 Å². The first kappa shape index (κ1) is 11.9. The lowest BCUT2D eigenvalue weighted by Crippen LogP contribution is -2.13. The summed E-state index contributed by atoms with van der Waals surface area (Å²) in [4.78, 5) is 11.4. The molecule has 82 valence electrons. The Balaban J connectivity index is 3.04. The Morgan fingerprint density at radius 1 is 1.33 bits per heavy atom. The summed E-state index contributed by atoms with van der Waals surface area (Å²) in [6, 6.07) is 7.64. The van der Waals surface area contributed by atoms with Gasteiger partial charge in [-0.25, -0.2) is 0 Å². The van der Waals surface area contributed by atoms with Crippen LogP contribution in [-0.4, -0.2) is 20.0 Å². The van der Waals surface area contributed by atoms with Gasteiger partial charge in [-0.2, -0.15) is 0 Å². The molecule has 1 aromatic carbocycles. The van der Waals surface area contributed by atoms with Gasteiger partial charge in [-0.05, 0) is 18.1 Å². The molecule has 0 saturated heterocycles. The highest BCUT2D eigenvalue weighted by Crippen LogP contribution is 2.22. The van der Waals surface area contributed by atoms with Crippen molar-refractivity contribution in [3.05, 3.63) is 35.4 Å². The zero-order valence-corrected chi connectivity index (χ0v) is 9.32. The Hall–Kier alpha value is -1.19. The first-order valence-electron chi connectivity index (χ1n) is 4.80. The third-order valence-corrected chi connectivity index (χ3v) is 2.24. The van der Waals surface area contributed by atoms with E-state index in [1.807, 2.05) is 24.3 Å². The lowest BCUT2D eigenvalue weighted by Gasteiger charge is -2.16. The highest BCUT2D eigenvalue weighted by Gasteiger charge is 2.18. The molecule has 0 aromatic heterocycles. The maximum Gasteiger partial charge on any atom is 0.163 e. The predicted molar refractivity (Wildman–Crippen MR) is 57.6 cm³/mol. The molecule has 0 fully saturated rings. The van der Waals surface area contributed by atoms with Crippen molar-refractivity contribution in [1.82, 2.24) is 0 Å². The molecule has 0 spiro atoms. The van der Waals surface area contributed by atoms with Crippen molar-refractivity contribution < 1.29 is 14.3 Å². The first-order valence-corrected chi connectivity index (χ1v) is 4.80. The summed E-state index contributed by atoms with van der Waals surface area (Å²) < 4.78 is 10.3. The molecule has 1 aromatic rings. The van der Waals surface area contributed by atoms with Crippen LogP contribution in [0.2, 0.25) is 0 Å². The van der Waals surface area contributed by atoms with Crippen molar-refractivity contribution in [3.8, 4) is 0 Å². The molecule has 0 amide bonds. The minimum Gasteiger partial charge on any atom is -0.380 e. The minimum atomic E-state index is -0.489. The molecule has 0 aliphatic carbocycles. The maximum atomic E-state index is 11.4. The lowest BCUT2D eigenvalue weighted by atomic mass is 10.0. The average molecular weight is 208 g/mol. The lowest BCUT2D eigenvalue weighted by molar-refractivity contribution is -0.127. The van der Waals surface area contributed by atoms with Crippen molar-refractivity contribution in [1.29, 1.82) is 0 Å². The van der Waals surface area contributed by atoms with E-state index in [0.29, 0.717) is 6.61 Å². The predicted octanol–water partition coefficient (Wildman–Crippen LogP) is 2.11. The second kappa shape index (κ2) is 5.63. The van der Waals surface area contributed by atoms with Gasteiger partial charge < -0.3 is 9.47 Å². The Bertz CT molecular complexity index is 333.